The molecule has 1 rings (SSSR count). The molecule has 154 valence electrons. The lowest BCUT2D eigenvalue weighted by Crippen LogP contribution is -2.41. The second-order valence-electron chi connectivity index (χ2n) is 7.63. The lowest BCUT2D eigenvalue weighted by molar-refractivity contribution is -0.0390. The first kappa shape index (κ1) is 24.1. The smallest absolute Gasteiger partial charge is 0.192 e. The van der Waals surface area contributed by atoms with Gasteiger partial charge in [0.25, 0.3) is 0 Å². The number of benzene rings is 1. The van der Waals surface area contributed by atoms with Gasteiger partial charge in [-0.2, -0.15) is 0 Å². The van der Waals surface area contributed by atoms with E-state index < -0.39 is 8.32 Å². The number of rotatable bonds is 14. The van der Waals surface area contributed by atoms with Crippen molar-refractivity contribution in [3.05, 3.63) is 47.5 Å². The normalized spacial score (nSPS) is 13.6. The summed E-state index contributed by atoms with van der Waals surface area (Å²) in [7, 11) is 0.0957. The van der Waals surface area contributed by atoms with E-state index in [9.17, 15) is 0 Å². The molecule has 4 heteroatoms. The van der Waals surface area contributed by atoms with Crippen molar-refractivity contribution in [1.29, 1.82) is 0 Å². The summed E-state index contributed by atoms with van der Waals surface area (Å²) in [5.74, 6) is 0.553. The summed E-state index contributed by atoms with van der Waals surface area (Å²) in [5, 5.41) is 0. The Bertz CT molecular complexity index is 513. The monoisotopic (exact) mass is 392 g/mol. The largest absolute Gasteiger partial charge is 0.413 e. The molecule has 3 nitrogen and oxygen atoms in total. The fraction of sp³-hybridized carbons (Fsp3) is 0.652. The summed E-state index contributed by atoms with van der Waals surface area (Å²) in [5.41, 5.74) is 2.50. The van der Waals surface area contributed by atoms with Gasteiger partial charge in [-0.3, -0.25) is 0 Å². The van der Waals surface area contributed by atoms with Crippen LogP contribution in [0.2, 0.25) is 18.1 Å². The molecule has 0 N–H and O–H groups in total. The van der Waals surface area contributed by atoms with Gasteiger partial charge in [0.1, 0.15) is 6.79 Å². The van der Waals surface area contributed by atoms with E-state index in [-0.39, 0.29) is 0 Å². The number of allylic oxidation sites excluding steroid dienone is 1. The highest BCUT2D eigenvalue weighted by Gasteiger charge is 2.32. The summed E-state index contributed by atoms with van der Waals surface area (Å²) >= 11 is 0. The van der Waals surface area contributed by atoms with Crippen molar-refractivity contribution in [2.75, 3.05) is 13.9 Å². The van der Waals surface area contributed by atoms with Crippen molar-refractivity contribution in [3.63, 3.8) is 0 Å². The van der Waals surface area contributed by atoms with Gasteiger partial charge < -0.3 is 13.9 Å². The molecule has 0 saturated carbocycles. The quantitative estimate of drug-likeness (QED) is 0.160. The number of hydrogen-bond donors (Lipinski definition) is 0. The van der Waals surface area contributed by atoms with E-state index in [2.05, 4.69) is 71.0 Å². The fourth-order valence-electron chi connectivity index (χ4n) is 3.24. The van der Waals surface area contributed by atoms with Gasteiger partial charge in [0.2, 0.25) is 0 Å². The Balaban J connectivity index is 2.53. The third kappa shape index (κ3) is 8.73. The van der Waals surface area contributed by atoms with Crippen LogP contribution in [0.5, 0.6) is 0 Å². The van der Waals surface area contributed by atoms with E-state index in [0.29, 0.717) is 25.4 Å². The number of ether oxygens (including phenoxy) is 2. The Morgan fingerprint density at radius 3 is 2.04 bits per heavy atom. The summed E-state index contributed by atoms with van der Waals surface area (Å²) in [4.78, 5) is 0. The highest BCUT2D eigenvalue weighted by Crippen LogP contribution is 2.27. The Morgan fingerprint density at radius 1 is 0.926 bits per heavy atom. The summed E-state index contributed by atoms with van der Waals surface area (Å²) in [6.07, 6.45) is 6.90. The van der Waals surface area contributed by atoms with Gasteiger partial charge >= 0.3 is 0 Å². The van der Waals surface area contributed by atoms with Crippen LogP contribution in [0.1, 0.15) is 52.2 Å². The van der Waals surface area contributed by atoms with Gasteiger partial charge in [0, 0.05) is 7.11 Å². The number of hydrogen-bond acceptors (Lipinski definition) is 3. The van der Waals surface area contributed by atoms with Crippen LogP contribution in [0.3, 0.4) is 0 Å². The molecule has 27 heavy (non-hydrogen) atoms. The molecule has 0 spiro atoms. The lowest BCUT2D eigenvalue weighted by atomic mass is 10.0. The molecule has 0 bridgehead atoms. The zero-order chi connectivity index (χ0) is 20.1. The molecule has 0 aliphatic heterocycles. The van der Waals surface area contributed by atoms with Crippen LogP contribution in [0.25, 0.3) is 0 Å². The molecular formula is C23H40O3Si. The number of methoxy groups -OCH3 is 1. The van der Waals surface area contributed by atoms with Crippen LogP contribution in [-0.4, -0.2) is 28.3 Å². The molecule has 0 fully saturated rings. The predicted octanol–water partition coefficient (Wildman–Crippen LogP) is 6.34. The molecule has 1 aromatic carbocycles. The molecule has 0 radical (unpaired) electrons. The molecule has 0 aliphatic rings. The van der Waals surface area contributed by atoms with Gasteiger partial charge in [0.05, 0.1) is 12.7 Å². The van der Waals surface area contributed by atoms with E-state index in [1.165, 1.54) is 29.3 Å². The van der Waals surface area contributed by atoms with Crippen molar-refractivity contribution < 1.29 is 13.9 Å². The minimum atomic E-state index is -1.54. The van der Waals surface area contributed by atoms with Crippen molar-refractivity contribution in [2.24, 2.45) is 5.92 Å². The first-order chi connectivity index (χ1) is 13.0. The Labute approximate surface area is 168 Å². The maximum Gasteiger partial charge on any atom is 0.192 e. The minimum Gasteiger partial charge on any atom is -0.413 e. The zero-order valence-corrected chi connectivity index (χ0v) is 19.3. The fourth-order valence-corrected chi connectivity index (χ4v) is 6.25. The van der Waals surface area contributed by atoms with Gasteiger partial charge in [-0.15, -0.1) is 0 Å². The van der Waals surface area contributed by atoms with E-state index in [1.807, 2.05) is 0 Å². The van der Waals surface area contributed by atoms with Gasteiger partial charge in [-0.05, 0) is 48.0 Å². The zero-order valence-electron chi connectivity index (χ0n) is 18.3. The molecular weight excluding hydrogens is 352 g/mol. The van der Waals surface area contributed by atoms with Gasteiger partial charge in [0.15, 0.2) is 8.32 Å². The summed E-state index contributed by atoms with van der Waals surface area (Å²) < 4.78 is 17.0. The Morgan fingerprint density at radius 2 is 1.52 bits per heavy atom. The van der Waals surface area contributed by atoms with E-state index in [0.717, 1.165) is 12.8 Å². The van der Waals surface area contributed by atoms with Crippen molar-refractivity contribution in [2.45, 2.75) is 78.3 Å². The van der Waals surface area contributed by atoms with Gasteiger partial charge in [-0.25, -0.2) is 0 Å². The van der Waals surface area contributed by atoms with E-state index in [1.54, 1.807) is 7.11 Å². The molecule has 0 amide bonds. The minimum absolute atomic E-state index is 0.335. The van der Waals surface area contributed by atoms with Crippen molar-refractivity contribution in [1.82, 2.24) is 0 Å². The van der Waals surface area contributed by atoms with Crippen molar-refractivity contribution in [3.8, 4) is 0 Å². The standard InChI is InChI=1S/C23H40O3Si/c1-7-27(8-2,9-3)26-23(20(4)5)13-11-10-12-21-14-16-22(17-15-21)18-25-19-24-6/h10-11,14-17,20,23H,7-9,12-13,18-19H2,1-6H3/b11-10-. The van der Waals surface area contributed by atoms with Crippen LogP contribution in [0.4, 0.5) is 0 Å². The average molecular weight is 393 g/mol. The van der Waals surface area contributed by atoms with Crippen LogP contribution in [0, 0.1) is 5.92 Å². The van der Waals surface area contributed by atoms with Gasteiger partial charge in [-0.1, -0.05) is 71.0 Å². The molecule has 1 aromatic rings. The SMILES string of the molecule is CC[Si](CC)(CC)OC(C/C=C\Cc1ccc(COCOC)cc1)C(C)C. The topological polar surface area (TPSA) is 27.7 Å². The molecule has 1 unspecified atom stereocenters. The maximum absolute atomic E-state index is 6.73. The molecule has 0 aliphatic carbocycles. The third-order valence-corrected chi connectivity index (χ3v) is 10.1. The van der Waals surface area contributed by atoms with E-state index in [4.69, 9.17) is 13.9 Å². The second-order valence-corrected chi connectivity index (χ2v) is 12.3. The lowest BCUT2D eigenvalue weighted by Gasteiger charge is -2.34. The molecule has 0 heterocycles. The average Bonchev–Trinajstić information content (AvgIpc) is 2.69. The highest BCUT2D eigenvalue weighted by molar-refractivity contribution is 6.73. The van der Waals surface area contributed by atoms with Crippen LogP contribution >= 0.6 is 0 Å². The van der Waals surface area contributed by atoms with E-state index >= 15 is 0 Å². The Hall–Kier alpha value is -0.943. The first-order valence-corrected chi connectivity index (χ1v) is 13.0. The molecule has 0 saturated heterocycles. The molecule has 0 aromatic heterocycles. The van der Waals surface area contributed by atoms with Crippen molar-refractivity contribution >= 4 is 8.32 Å². The third-order valence-electron chi connectivity index (χ3n) is 5.46. The predicted molar refractivity (Wildman–Crippen MR) is 117 cm³/mol. The highest BCUT2D eigenvalue weighted by atomic mass is 28.4. The second kappa shape index (κ2) is 13.3. The summed E-state index contributed by atoms with van der Waals surface area (Å²) in [6.45, 7) is 12.4. The first-order valence-electron chi connectivity index (χ1n) is 10.5. The van der Waals surface area contributed by atoms with Crippen LogP contribution < -0.4 is 0 Å². The Kier molecular flexibility index (Phi) is 11.8. The maximum atomic E-state index is 6.73. The molecule has 1 atom stereocenters. The summed E-state index contributed by atoms with van der Waals surface area (Å²) in [6, 6.07) is 12.3. The van der Waals surface area contributed by atoms with Crippen LogP contribution in [0.15, 0.2) is 36.4 Å². The van der Waals surface area contributed by atoms with Crippen LogP contribution in [-0.2, 0) is 26.9 Å².